The smallest absolute Gasteiger partial charge is 0.269 e. The van der Waals surface area contributed by atoms with Crippen LogP contribution in [0.4, 0.5) is 4.39 Å². The first kappa shape index (κ1) is 21.8. The monoisotopic (exact) mass is 433 g/mol. The number of benzene rings is 2. The van der Waals surface area contributed by atoms with Crippen LogP contribution in [0.3, 0.4) is 0 Å². The first-order valence-electron chi connectivity index (χ1n) is 10.9. The van der Waals surface area contributed by atoms with Gasteiger partial charge in [0.05, 0.1) is 5.52 Å². The lowest BCUT2D eigenvalue weighted by Gasteiger charge is -2.27. The molecule has 0 bridgehead atoms. The molecule has 2 amide bonds. The minimum absolute atomic E-state index is 0.0209. The van der Waals surface area contributed by atoms with Crippen LogP contribution < -0.4 is 0 Å². The second-order valence-corrected chi connectivity index (χ2v) is 8.43. The van der Waals surface area contributed by atoms with Crippen molar-refractivity contribution < 1.29 is 14.0 Å². The van der Waals surface area contributed by atoms with Crippen LogP contribution in [0.1, 0.15) is 41.9 Å². The average Bonchev–Trinajstić information content (AvgIpc) is 3.25. The number of aromatic amines is 1. The maximum Gasteiger partial charge on any atom is 0.269 e. The van der Waals surface area contributed by atoms with Crippen LogP contribution in [-0.2, 0) is 11.2 Å². The highest BCUT2D eigenvalue weighted by Gasteiger charge is 2.24. The zero-order valence-electron chi connectivity index (χ0n) is 19.0. The van der Waals surface area contributed by atoms with Crippen LogP contribution in [0.25, 0.3) is 27.6 Å². The van der Waals surface area contributed by atoms with Gasteiger partial charge < -0.3 is 14.8 Å². The van der Waals surface area contributed by atoms with Crippen molar-refractivity contribution in [1.82, 2.24) is 14.8 Å². The van der Waals surface area contributed by atoms with E-state index in [1.807, 2.05) is 30.3 Å². The number of halogens is 1. The van der Waals surface area contributed by atoms with Gasteiger partial charge in [-0.25, -0.2) is 4.39 Å². The fourth-order valence-electron chi connectivity index (χ4n) is 4.37. The lowest BCUT2D eigenvalue weighted by molar-refractivity contribution is -0.128. The summed E-state index contributed by atoms with van der Waals surface area (Å²) in [5.74, 6) is -0.629. The maximum atomic E-state index is 15.8. The number of aromatic nitrogens is 1. The van der Waals surface area contributed by atoms with E-state index in [9.17, 15) is 9.59 Å². The molecule has 6 heteroatoms. The van der Waals surface area contributed by atoms with Gasteiger partial charge in [-0.1, -0.05) is 37.3 Å². The van der Waals surface area contributed by atoms with Crippen LogP contribution in [0, 0.1) is 5.82 Å². The third kappa shape index (κ3) is 3.81. The fraction of sp³-hybridized carbons (Fsp3) is 0.308. The zero-order chi connectivity index (χ0) is 23.0. The SMILES string of the molecule is CCc1ccccc1-c1cc(C2=CCCN(C(C)=O)C2)c(F)c2[nH]c(C(=O)N(C)C)cc12. The van der Waals surface area contributed by atoms with Crippen molar-refractivity contribution in [2.24, 2.45) is 0 Å². The molecule has 1 aliphatic rings. The van der Waals surface area contributed by atoms with Gasteiger partial charge in [-0.3, -0.25) is 9.59 Å². The van der Waals surface area contributed by atoms with E-state index in [1.54, 1.807) is 25.1 Å². The second kappa shape index (κ2) is 8.61. The van der Waals surface area contributed by atoms with Crippen molar-refractivity contribution in [2.45, 2.75) is 26.7 Å². The Balaban J connectivity index is 1.98. The summed E-state index contributed by atoms with van der Waals surface area (Å²) in [5, 5.41) is 0.678. The summed E-state index contributed by atoms with van der Waals surface area (Å²) in [6, 6.07) is 11.7. The summed E-state index contributed by atoms with van der Waals surface area (Å²) in [6.07, 6.45) is 3.52. The van der Waals surface area contributed by atoms with Gasteiger partial charge >= 0.3 is 0 Å². The number of fused-ring (bicyclic) bond motifs is 1. The molecule has 0 fully saturated rings. The van der Waals surface area contributed by atoms with Crippen molar-refractivity contribution in [3.8, 4) is 11.1 Å². The molecule has 2 heterocycles. The van der Waals surface area contributed by atoms with Crippen LogP contribution >= 0.6 is 0 Å². The van der Waals surface area contributed by atoms with Crippen LogP contribution in [0.5, 0.6) is 0 Å². The molecule has 0 saturated heterocycles. The van der Waals surface area contributed by atoms with Crippen LogP contribution in [0.15, 0.2) is 42.5 Å². The summed E-state index contributed by atoms with van der Waals surface area (Å²) in [7, 11) is 3.35. The molecule has 0 aliphatic carbocycles. The van der Waals surface area contributed by atoms with Crippen LogP contribution in [0.2, 0.25) is 0 Å². The Hall–Kier alpha value is -3.41. The van der Waals surface area contributed by atoms with E-state index in [4.69, 9.17) is 0 Å². The third-order valence-electron chi connectivity index (χ3n) is 6.12. The highest BCUT2D eigenvalue weighted by molar-refractivity contribution is 6.04. The molecule has 0 spiro atoms. The van der Waals surface area contributed by atoms with E-state index in [0.717, 1.165) is 28.7 Å². The van der Waals surface area contributed by atoms with Crippen molar-refractivity contribution in [3.05, 3.63) is 65.1 Å². The average molecular weight is 434 g/mol. The molecule has 0 unspecified atom stereocenters. The number of amides is 2. The predicted molar refractivity (Wildman–Crippen MR) is 126 cm³/mol. The molecule has 0 radical (unpaired) electrons. The number of hydrogen-bond donors (Lipinski definition) is 1. The number of carbonyl (C=O) groups is 2. The second-order valence-electron chi connectivity index (χ2n) is 8.43. The van der Waals surface area contributed by atoms with Gasteiger partial charge in [0.15, 0.2) is 5.82 Å². The number of H-pyrrole nitrogens is 1. The van der Waals surface area contributed by atoms with Crippen molar-refractivity contribution in [1.29, 1.82) is 0 Å². The summed E-state index contributed by atoms with van der Waals surface area (Å²) in [6.45, 7) is 4.64. The van der Waals surface area contributed by atoms with Crippen molar-refractivity contribution >= 4 is 28.3 Å². The summed E-state index contributed by atoms with van der Waals surface area (Å²) in [5.41, 5.74) is 4.96. The standard InChI is InChI=1S/C26H28FN3O2/c1-5-17-9-6-7-11-19(17)21-13-20(18-10-8-12-30(15-18)16(2)31)24(27)25-22(21)14-23(28-25)26(32)29(3)4/h6-7,9-11,13-14,28H,5,8,12,15H2,1-4H3. The Labute approximate surface area is 187 Å². The van der Waals surface area contributed by atoms with E-state index < -0.39 is 5.82 Å². The molecule has 1 N–H and O–H groups in total. The van der Waals surface area contributed by atoms with E-state index in [-0.39, 0.29) is 11.8 Å². The van der Waals surface area contributed by atoms with Crippen molar-refractivity contribution in [2.75, 3.05) is 27.2 Å². The first-order chi connectivity index (χ1) is 15.3. The molecule has 166 valence electrons. The third-order valence-corrected chi connectivity index (χ3v) is 6.12. The number of aryl methyl sites for hydroxylation is 1. The highest BCUT2D eigenvalue weighted by atomic mass is 19.1. The van der Waals surface area contributed by atoms with Gasteiger partial charge in [-0.15, -0.1) is 0 Å². The lowest BCUT2D eigenvalue weighted by atomic mass is 9.90. The minimum atomic E-state index is -0.396. The first-order valence-corrected chi connectivity index (χ1v) is 10.9. The molecule has 1 aliphatic heterocycles. The Bertz CT molecular complexity index is 1240. The topological polar surface area (TPSA) is 56.4 Å². The fourth-order valence-corrected chi connectivity index (χ4v) is 4.37. The molecular weight excluding hydrogens is 405 g/mol. The van der Waals surface area contributed by atoms with Crippen molar-refractivity contribution in [3.63, 3.8) is 0 Å². The van der Waals surface area contributed by atoms with Crippen LogP contribution in [-0.4, -0.2) is 53.8 Å². The van der Waals surface area contributed by atoms with E-state index in [1.165, 1.54) is 11.8 Å². The Morgan fingerprint density at radius 3 is 2.56 bits per heavy atom. The molecule has 32 heavy (non-hydrogen) atoms. The molecule has 5 nitrogen and oxygen atoms in total. The summed E-state index contributed by atoms with van der Waals surface area (Å²) < 4.78 is 15.8. The molecule has 1 aromatic heterocycles. The van der Waals surface area contributed by atoms with Gasteiger partial charge in [0.2, 0.25) is 5.91 Å². The van der Waals surface area contributed by atoms with Gasteiger partial charge in [0.1, 0.15) is 5.69 Å². The summed E-state index contributed by atoms with van der Waals surface area (Å²) in [4.78, 5) is 30.8. The van der Waals surface area contributed by atoms with Gasteiger partial charge in [0, 0.05) is 45.1 Å². The highest BCUT2D eigenvalue weighted by Crippen LogP contribution is 2.38. The van der Waals surface area contributed by atoms with Gasteiger partial charge in [-0.05, 0) is 47.2 Å². The Morgan fingerprint density at radius 1 is 1.12 bits per heavy atom. The zero-order valence-corrected chi connectivity index (χ0v) is 19.0. The van der Waals surface area contributed by atoms with Gasteiger partial charge in [-0.2, -0.15) is 0 Å². The molecule has 4 rings (SSSR count). The van der Waals surface area contributed by atoms with E-state index >= 15 is 4.39 Å². The minimum Gasteiger partial charge on any atom is -0.348 e. The molecule has 3 aromatic rings. The number of rotatable bonds is 4. The Kier molecular flexibility index (Phi) is 5.87. The summed E-state index contributed by atoms with van der Waals surface area (Å²) >= 11 is 0. The number of nitrogens with one attached hydrogen (secondary N) is 1. The Morgan fingerprint density at radius 2 is 1.88 bits per heavy atom. The number of hydrogen-bond acceptors (Lipinski definition) is 2. The maximum absolute atomic E-state index is 15.8. The van der Waals surface area contributed by atoms with E-state index in [0.29, 0.717) is 41.7 Å². The van der Waals surface area contributed by atoms with E-state index in [2.05, 4.69) is 18.0 Å². The van der Waals surface area contributed by atoms with Gasteiger partial charge in [0.25, 0.3) is 5.91 Å². The number of carbonyl (C=O) groups excluding carboxylic acids is 2. The molecule has 2 aromatic carbocycles. The normalized spacial score (nSPS) is 13.9. The molecule has 0 atom stereocenters. The number of nitrogens with zero attached hydrogens (tertiary/aromatic N) is 2. The molecular formula is C26H28FN3O2. The quantitative estimate of drug-likeness (QED) is 0.638. The predicted octanol–water partition coefficient (Wildman–Crippen LogP) is 4.87. The lowest BCUT2D eigenvalue weighted by Crippen LogP contribution is -2.33. The molecule has 0 saturated carbocycles. The largest absolute Gasteiger partial charge is 0.348 e.